The maximum absolute atomic E-state index is 13.3. The molecule has 0 saturated heterocycles. The summed E-state index contributed by atoms with van der Waals surface area (Å²) >= 11 is 0. The second-order valence-corrected chi connectivity index (χ2v) is 8.18. The predicted octanol–water partition coefficient (Wildman–Crippen LogP) is 2.51. The first kappa shape index (κ1) is 20.0. The maximum Gasteiger partial charge on any atom is 0.271 e. The molecule has 1 atom stereocenters. The Kier molecular flexibility index (Phi) is 4.76. The number of aromatic nitrogens is 7. The Morgan fingerprint density at radius 1 is 1.16 bits per heavy atom. The molecule has 32 heavy (non-hydrogen) atoms. The zero-order valence-corrected chi connectivity index (χ0v) is 18.5. The lowest BCUT2D eigenvalue weighted by atomic mass is 10.1. The highest BCUT2D eigenvalue weighted by Crippen LogP contribution is 2.29. The van der Waals surface area contributed by atoms with Crippen molar-refractivity contribution in [2.75, 3.05) is 5.32 Å². The Morgan fingerprint density at radius 3 is 2.66 bits per heavy atom. The largest absolute Gasteiger partial charge is 0.341 e. The third-order valence-corrected chi connectivity index (χ3v) is 5.93. The first-order valence-electron chi connectivity index (χ1n) is 10.5. The third-order valence-electron chi connectivity index (χ3n) is 5.93. The number of hydrogen-bond acceptors (Lipinski definition) is 6. The summed E-state index contributed by atoms with van der Waals surface area (Å²) in [4.78, 5) is 24.4. The molecule has 0 radical (unpaired) electrons. The first-order chi connectivity index (χ1) is 15.4. The molecule has 164 valence electrons. The van der Waals surface area contributed by atoms with Crippen LogP contribution in [0.4, 0.5) is 11.8 Å². The lowest BCUT2D eigenvalue weighted by molar-refractivity contribution is 0.0590. The number of fused-ring (bicyclic) bond motifs is 1. The van der Waals surface area contributed by atoms with E-state index >= 15 is 0 Å². The van der Waals surface area contributed by atoms with Gasteiger partial charge in [0.2, 0.25) is 5.95 Å². The topological polar surface area (TPSA) is 98.7 Å². The number of amides is 1. The normalized spacial score (nSPS) is 15.8. The van der Waals surface area contributed by atoms with Crippen molar-refractivity contribution in [2.45, 2.75) is 33.0 Å². The van der Waals surface area contributed by atoms with E-state index in [4.69, 9.17) is 4.98 Å². The zero-order chi connectivity index (χ0) is 22.4. The zero-order valence-electron chi connectivity index (χ0n) is 18.5. The summed E-state index contributed by atoms with van der Waals surface area (Å²) in [6, 6.07) is 5.80. The van der Waals surface area contributed by atoms with E-state index < -0.39 is 0 Å². The second kappa shape index (κ2) is 7.63. The minimum atomic E-state index is 0.0103. The Hall–Kier alpha value is -3.95. The smallest absolute Gasteiger partial charge is 0.271 e. The van der Waals surface area contributed by atoms with Crippen LogP contribution in [0.2, 0.25) is 0 Å². The summed E-state index contributed by atoms with van der Waals surface area (Å²) in [6.45, 7) is 5.30. The van der Waals surface area contributed by atoms with Crippen LogP contribution in [0.1, 0.15) is 28.7 Å². The van der Waals surface area contributed by atoms with Crippen LogP contribution in [-0.4, -0.2) is 50.9 Å². The molecular weight excluding hydrogens is 406 g/mol. The highest BCUT2D eigenvalue weighted by atomic mass is 16.2. The molecule has 0 aliphatic carbocycles. The van der Waals surface area contributed by atoms with Crippen LogP contribution in [0.25, 0.3) is 11.3 Å². The van der Waals surface area contributed by atoms with Crippen molar-refractivity contribution in [2.24, 2.45) is 14.1 Å². The Balaban J connectivity index is 1.45. The van der Waals surface area contributed by atoms with Gasteiger partial charge in [0.25, 0.3) is 5.91 Å². The number of carbonyl (C=O) groups is 1. The molecule has 1 N–H and O–H groups in total. The van der Waals surface area contributed by atoms with Crippen molar-refractivity contribution in [3.63, 3.8) is 0 Å². The number of anilines is 2. The number of nitrogens with one attached hydrogen (secondary N) is 1. The van der Waals surface area contributed by atoms with Gasteiger partial charge in [-0.3, -0.25) is 14.2 Å². The first-order valence-corrected chi connectivity index (χ1v) is 10.5. The van der Waals surface area contributed by atoms with Gasteiger partial charge in [-0.1, -0.05) is 0 Å². The molecule has 4 aromatic heterocycles. The summed E-state index contributed by atoms with van der Waals surface area (Å²) in [6.07, 6.45) is 7.26. The lowest BCUT2D eigenvalue weighted by Gasteiger charge is -2.34. The minimum Gasteiger partial charge on any atom is -0.341 e. The van der Waals surface area contributed by atoms with Crippen molar-refractivity contribution in [3.8, 4) is 11.3 Å². The van der Waals surface area contributed by atoms with Crippen molar-refractivity contribution >= 4 is 17.7 Å². The Labute approximate surface area is 185 Å². The molecule has 1 amide bonds. The number of nitrogens with zero attached hydrogens (tertiary/aromatic N) is 8. The van der Waals surface area contributed by atoms with Crippen LogP contribution in [0.15, 0.2) is 43.0 Å². The van der Waals surface area contributed by atoms with Crippen LogP contribution in [0.3, 0.4) is 0 Å². The molecule has 5 heterocycles. The highest BCUT2D eigenvalue weighted by molar-refractivity contribution is 5.95. The second-order valence-electron chi connectivity index (χ2n) is 8.18. The van der Waals surface area contributed by atoms with Crippen LogP contribution >= 0.6 is 0 Å². The standard InChI is InChI=1S/C22H25N9O/c1-14-10-23-22(26-19-6-8-25-29(19)4)27-20(14)16-9-18-21(32)31(15(2)11-30(18)12-16)13-17-5-7-24-28(17)3/h5-10,12,15H,11,13H2,1-4H3,(H,23,26,27). The van der Waals surface area contributed by atoms with E-state index in [9.17, 15) is 4.79 Å². The van der Waals surface area contributed by atoms with Crippen molar-refractivity contribution < 1.29 is 4.79 Å². The minimum absolute atomic E-state index is 0.0103. The molecule has 0 aromatic carbocycles. The fraction of sp³-hybridized carbons (Fsp3) is 0.318. The van der Waals surface area contributed by atoms with E-state index in [2.05, 4.69) is 27.4 Å². The molecule has 10 nitrogen and oxygen atoms in total. The number of carbonyl (C=O) groups excluding carboxylic acids is 1. The molecule has 1 aliphatic heterocycles. The van der Waals surface area contributed by atoms with E-state index in [-0.39, 0.29) is 11.9 Å². The highest BCUT2D eigenvalue weighted by Gasteiger charge is 2.31. The maximum atomic E-state index is 13.3. The average molecular weight is 432 g/mol. The third kappa shape index (κ3) is 3.43. The van der Waals surface area contributed by atoms with E-state index in [0.29, 0.717) is 18.2 Å². The fourth-order valence-corrected chi connectivity index (χ4v) is 4.06. The van der Waals surface area contributed by atoms with Crippen molar-refractivity contribution in [3.05, 3.63) is 59.9 Å². The molecule has 1 aliphatic rings. The summed E-state index contributed by atoms with van der Waals surface area (Å²) in [5, 5.41) is 11.6. The SMILES string of the molecule is Cc1cnc(Nc2ccnn2C)nc1-c1cc2n(c1)CC(C)N(Cc1ccnn1C)C2=O. The van der Waals surface area contributed by atoms with E-state index in [0.717, 1.165) is 34.9 Å². The van der Waals surface area contributed by atoms with Gasteiger partial charge >= 0.3 is 0 Å². The quantitative estimate of drug-likeness (QED) is 0.521. The van der Waals surface area contributed by atoms with Crippen LogP contribution in [0.5, 0.6) is 0 Å². The number of hydrogen-bond donors (Lipinski definition) is 1. The Bertz CT molecular complexity index is 1300. The predicted molar refractivity (Wildman–Crippen MR) is 119 cm³/mol. The van der Waals surface area contributed by atoms with Gasteiger partial charge in [0, 0.05) is 56.9 Å². The van der Waals surface area contributed by atoms with Gasteiger partial charge in [0.1, 0.15) is 11.5 Å². The van der Waals surface area contributed by atoms with Crippen LogP contribution in [-0.2, 0) is 27.2 Å². The van der Waals surface area contributed by atoms with Gasteiger partial charge in [-0.15, -0.1) is 0 Å². The van der Waals surface area contributed by atoms with E-state index in [1.807, 2.05) is 54.9 Å². The van der Waals surface area contributed by atoms with Gasteiger partial charge in [0.15, 0.2) is 0 Å². The summed E-state index contributed by atoms with van der Waals surface area (Å²) in [5.41, 5.74) is 4.30. The molecule has 0 spiro atoms. The van der Waals surface area contributed by atoms with Crippen molar-refractivity contribution in [1.29, 1.82) is 0 Å². The lowest BCUT2D eigenvalue weighted by Crippen LogP contribution is -2.45. The molecule has 10 heteroatoms. The van der Waals surface area contributed by atoms with Crippen LogP contribution < -0.4 is 5.32 Å². The van der Waals surface area contributed by atoms with Gasteiger partial charge in [-0.25, -0.2) is 9.97 Å². The summed E-state index contributed by atoms with van der Waals surface area (Å²) in [7, 11) is 3.74. The van der Waals surface area contributed by atoms with E-state index in [1.54, 1.807) is 28.0 Å². The molecule has 0 fully saturated rings. The fourth-order valence-electron chi connectivity index (χ4n) is 4.06. The number of aryl methyl sites for hydroxylation is 3. The van der Waals surface area contributed by atoms with E-state index in [1.165, 1.54) is 0 Å². The molecule has 0 saturated carbocycles. The average Bonchev–Trinajstić information content (AvgIpc) is 3.48. The molecule has 4 aromatic rings. The van der Waals surface area contributed by atoms with Gasteiger partial charge in [-0.05, 0) is 31.5 Å². The summed E-state index contributed by atoms with van der Waals surface area (Å²) < 4.78 is 5.55. The Morgan fingerprint density at radius 2 is 1.94 bits per heavy atom. The van der Waals surface area contributed by atoms with Gasteiger partial charge in [0.05, 0.1) is 24.1 Å². The van der Waals surface area contributed by atoms with Crippen LogP contribution in [0, 0.1) is 6.92 Å². The molecule has 5 rings (SSSR count). The monoisotopic (exact) mass is 431 g/mol. The summed E-state index contributed by atoms with van der Waals surface area (Å²) in [5.74, 6) is 1.29. The van der Waals surface area contributed by atoms with Gasteiger partial charge < -0.3 is 14.8 Å². The molecule has 0 bridgehead atoms. The van der Waals surface area contributed by atoms with Crippen molar-refractivity contribution in [1.82, 2.24) is 39.0 Å². The van der Waals surface area contributed by atoms with Gasteiger partial charge in [-0.2, -0.15) is 10.2 Å². The number of rotatable bonds is 5. The molecular formula is C22H25N9O. The molecule has 1 unspecified atom stereocenters.